The van der Waals surface area contributed by atoms with Crippen molar-refractivity contribution in [2.45, 2.75) is 71.9 Å². The Hall–Kier alpha value is -0.830. The quantitative estimate of drug-likeness (QED) is 0.827. The second-order valence-electron chi connectivity index (χ2n) is 6.41. The Balaban J connectivity index is 1.86. The first kappa shape index (κ1) is 14.6. The fourth-order valence-corrected chi connectivity index (χ4v) is 3.16. The molecule has 0 saturated heterocycles. The van der Waals surface area contributed by atoms with E-state index in [4.69, 9.17) is 4.42 Å². The minimum Gasteiger partial charge on any atom is -0.444 e. The molecule has 1 heterocycles. The van der Waals surface area contributed by atoms with Crippen LogP contribution in [0, 0.1) is 18.8 Å². The summed E-state index contributed by atoms with van der Waals surface area (Å²) < 4.78 is 5.60. The van der Waals surface area contributed by atoms with Crippen LogP contribution in [0.15, 0.2) is 10.6 Å². The molecule has 0 amide bonds. The van der Waals surface area contributed by atoms with E-state index in [1.165, 1.54) is 32.1 Å². The third-order valence-electron chi connectivity index (χ3n) is 4.45. The number of aryl methyl sites for hydroxylation is 1. The molecule has 3 heteroatoms. The second-order valence-corrected chi connectivity index (χ2v) is 6.41. The van der Waals surface area contributed by atoms with Gasteiger partial charge in [-0.1, -0.05) is 26.7 Å². The van der Waals surface area contributed by atoms with Crippen molar-refractivity contribution in [2.75, 3.05) is 0 Å². The summed E-state index contributed by atoms with van der Waals surface area (Å²) in [6.45, 7) is 8.81. The SMILES string of the molecule is Cc1cnc(C(C)NC2CCCC(C(C)C)CC2)o1. The molecule has 108 valence electrons. The van der Waals surface area contributed by atoms with Crippen molar-refractivity contribution >= 4 is 0 Å². The normalized spacial score (nSPS) is 26.4. The summed E-state index contributed by atoms with van der Waals surface area (Å²) in [4.78, 5) is 4.32. The van der Waals surface area contributed by atoms with Crippen molar-refractivity contribution in [1.82, 2.24) is 10.3 Å². The highest BCUT2D eigenvalue weighted by atomic mass is 16.4. The molecule has 0 bridgehead atoms. The molecule has 1 aromatic rings. The lowest BCUT2D eigenvalue weighted by Crippen LogP contribution is -2.31. The van der Waals surface area contributed by atoms with Crippen LogP contribution in [0.4, 0.5) is 0 Å². The van der Waals surface area contributed by atoms with E-state index < -0.39 is 0 Å². The molecular formula is C16H28N2O. The van der Waals surface area contributed by atoms with E-state index in [9.17, 15) is 0 Å². The lowest BCUT2D eigenvalue weighted by atomic mass is 9.89. The van der Waals surface area contributed by atoms with Crippen LogP contribution in [0.1, 0.15) is 70.6 Å². The van der Waals surface area contributed by atoms with E-state index in [1.54, 1.807) is 6.20 Å². The zero-order chi connectivity index (χ0) is 13.8. The minimum atomic E-state index is 0.217. The highest BCUT2D eigenvalue weighted by Crippen LogP contribution is 2.29. The first-order chi connectivity index (χ1) is 9.06. The van der Waals surface area contributed by atoms with E-state index in [-0.39, 0.29) is 6.04 Å². The minimum absolute atomic E-state index is 0.217. The highest BCUT2D eigenvalue weighted by Gasteiger charge is 2.23. The Morgan fingerprint density at radius 1 is 1.21 bits per heavy atom. The highest BCUT2D eigenvalue weighted by molar-refractivity contribution is 4.95. The molecular weight excluding hydrogens is 236 g/mol. The lowest BCUT2D eigenvalue weighted by Gasteiger charge is -2.21. The van der Waals surface area contributed by atoms with Crippen LogP contribution in [0.5, 0.6) is 0 Å². The van der Waals surface area contributed by atoms with Crippen molar-refractivity contribution in [3.8, 4) is 0 Å². The molecule has 0 radical (unpaired) electrons. The molecule has 1 saturated carbocycles. The Morgan fingerprint density at radius 3 is 2.63 bits per heavy atom. The van der Waals surface area contributed by atoms with Gasteiger partial charge in [0.05, 0.1) is 12.2 Å². The maximum absolute atomic E-state index is 5.60. The number of oxazole rings is 1. The first-order valence-corrected chi connectivity index (χ1v) is 7.74. The van der Waals surface area contributed by atoms with Crippen LogP contribution in [-0.2, 0) is 0 Å². The van der Waals surface area contributed by atoms with Gasteiger partial charge in [0, 0.05) is 6.04 Å². The van der Waals surface area contributed by atoms with E-state index in [0.29, 0.717) is 6.04 Å². The van der Waals surface area contributed by atoms with Gasteiger partial charge in [-0.25, -0.2) is 4.98 Å². The van der Waals surface area contributed by atoms with Gasteiger partial charge >= 0.3 is 0 Å². The Morgan fingerprint density at radius 2 is 2.00 bits per heavy atom. The summed E-state index contributed by atoms with van der Waals surface area (Å²) in [5.41, 5.74) is 0. The van der Waals surface area contributed by atoms with Crippen molar-refractivity contribution in [1.29, 1.82) is 0 Å². The Bertz CT molecular complexity index is 386. The maximum atomic E-state index is 5.60. The standard InChI is InChI=1S/C16H28N2O/c1-11(2)14-6-5-7-15(9-8-14)18-13(4)16-17-10-12(3)19-16/h10-11,13-15,18H,5-9H2,1-4H3. The summed E-state index contributed by atoms with van der Waals surface area (Å²) in [6.07, 6.45) is 8.46. The first-order valence-electron chi connectivity index (χ1n) is 7.74. The second kappa shape index (κ2) is 6.56. The molecule has 2 rings (SSSR count). The van der Waals surface area contributed by atoms with Gasteiger partial charge in [-0.15, -0.1) is 0 Å². The Kier molecular flexibility index (Phi) is 5.03. The topological polar surface area (TPSA) is 38.1 Å². The van der Waals surface area contributed by atoms with Gasteiger partial charge in [0.25, 0.3) is 0 Å². The van der Waals surface area contributed by atoms with E-state index in [1.807, 2.05) is 6.92 Å². The average molecular weight is 264 g/mol. The molecule has 0 aliphatic heterocycles. The lowest BCUT2D eigenvalue weighted by molar-refractivity contribution is 0.326. The number of nitrogens with zero attached hydrogens (tertiary/aromatic N) is 1. The van der Waals surface area contributed by atoms with Crippen molar-refractivity contribution in [2.24, 2.45) is 11.8 Å². The molecule has 19 heavy (non-hydrogen) atoms. The predicted molar refractivity (Wildman–Crippen MR) is 78.0 cm³/mol. The van der Waals surface area contributed by atoms with Crippen LogP contribution >= 0.6 is 0 Å². The van der Waals surface area contributed by atoms with Crippen LogP contribution in [-0.4, -0.2) is 11.0 Å². The van der Waals surface area contributed by atoms with Gasteiger partial charge in [0.1, 0.15) is 5.76 Å². The molecule has 3 atom stereocenters. The molecule has 3 unspecified atom stereocenters. The summed E-state index contributed by atoms with van der Waals surface area (Å²) >= 11 is 0. The van der Waals surface area contributed by atoms with Crippen LogP contribution in [0.2, 0.25) is 0 Å². The molecule has 3 nitrogen and oxygen atoms in total. The smallest absolute Gasteiger partial charge is 0.211 e. The zero-order valence-electron chi connectivity index (χ0n) is 12.8. The molecule has 1 aliphatic carbocycles. The van der Waals surface area contributed by atoms with Crippen molar-refractivity contribution < 1.29 is 4.42 Å². The van der Waals surface area contributed by atoms with Crippen LogP contribution in [0.3, 0.4) is 0 Å². The fraction of sp³-hybridized carbons (Fsp3) is 0.812. The molecule has 0 spiro atoms. The van der Waals surface area contributed by atoms with Crippen molar-refractivity contribution in [3.63, 3.8) is 0 Å². The number of rotatable bonds is 4. The molecule has 1 fully saturated rings. The number of nitrogens with one attached hydrogen (secondary N) is 1. The largest absolute Gasteiger partial charge is 0.444 e. The average Bonchev–Trinajstić information content (AvgIpc) is 2.65. The van der Waals surface area contributed by atoms with E-state index >= 15 is 0 Å². The molecule has 0 aromatic carbocycles. The molecule has 1 N–H and O–H groups in total. The van der Waals surface area contributed by atoms with Gasteiger partial charge in [-0.2, -0.15) is 0 Å². The van der Waals surface area contributed by atoms with E-state index in [0.717, 1.165) is 23.5 Å². The number of hydrogen-bond donors (Lipinski definition) is 1. The van der Waals surface area contributed by atoms with Crippen LogP contribution in [0.25, 0.3) is 0 Å². The third-order valence-corrected chi connectivity index (χ3v) is 4.45. The van der Waals surface area contributed by atoms with Crippen LogP contribution < -0.4 is 5.32 Å². The summed E-state index contributed by atoms with van der Waals surface area (Å²) in [7, 11) is 0. The van der Waals surface area contributed by atoms with E-state index in [2.05, 4.69) is 31.1 Å². The van der Waals surface area contributed by atoms with Gasteiger partial charge in [-0.3, -0.25) is 0 Å². The monoisotopic (exact) mass is 264 g/mol. The summed E-state index contributed by atoms with van der Waals surface area (Å²) in [5, 5.41) is 3.69. The maximum Gasteiger partial charge on any atom is 0.211 e. The van der Waals surface area contributed by atoms with Gasteiger partial charge < -0.3 is 9.73 Å². The number of hydrogen-bond acceptors (Lipinski definition) is 3. The molecule has 1 aromatic heterocycles. The Labute approximate surface area is 117 Å². The number of aromatic nitrogens is 1. The predicted octanol–water partition coefficient (Wildman–Crippen LogP) is 4.24. The third kappa shape index (κ3) is 4.07. The fourth-order valence-electron chi connectivity index (χ4n) is 3.16. The van der Waals surface area contributed by atoms with Gasteiger partial charge in [0.2, 0.25) is 5.89 Å². The van der Waals surface area contributed by atoms with Crippen molar-refractivity contribution in [3.05, 3.63) is 17.8 Å². The van der Waals surface area contributed by atoms with Gasteiger partial charge in [0.15, 0.2) is 0 Å². The zero-order valence-corrected chi connectivity index (χ0v) is 12.8. The van der Waals surface area contributed by atoms with Gasteiger partial charge in [-0.05, 0) is 44.9 Å². The summed E-state index contributed by atoms with van der Waals surface area (Å²) in [5.74, 6) is 3.45. The summed E-state index contributed by atoms with van der Waals surface area (Å²) in [6, 6.07) is 0.834. The molecule has 1 aliphatic rings.